The molecule has 0 saturated carbocycles. The van der Waals surface area contributed by atoms with E-state index >= 15 is 0 Å². The van der Waals surface area contributed by atoms with Crippen LogP contribution in [0, 0.1) is 10.1 Å². The lowest BCUT2D eigenvalue weighted by Gasteiger charge is -2.46. The summed E-state index contributed by atoms with van der Waals surface area (Å²) in [7, 11) is 0. The van der Waals surface area contributed by atoms with E-state index in [0.29, 0.717) is 0 Å². The van der Waals surface area contributed by atoms with Crippen LogP contribution in [0.1, 0.15) is 0 Å². The predicted octanol–water partition coefficient (Wildman–Crippen LogP) is -2.72. The van der Waals surface area contributed by atoms with Crippen molar-refractivity contribution in [3.05, 3.63) is 33.3 Å². The van der Waals surface area contributed by atoms with Gasteiger partial charge in [0.05, 0.1) is 18.1 Å². The monoisotopic (exact) mass is 496 g/mol. The summed E-state index contributed by atoms with van der Waals surface area (Å²) in [5.74, 6) is 0. The average molecular weight is 497 g/mol. The van der Waals surface area contributed by atoms with E-state index in [2.05, 4.69) is 5.32 Å². The van der Waals surface area contributed by atoms with Gasteiger partial charge in [-0.25, -0.2) is 0 Å². The Kier molecular flexibility index (Phi) is 8.41. The molecule has 0 aromatic heterocycles. The molecule has 10 unspecified atom stereocenters. The van der Waals surface area contributed by atoms with E-state index in [4.69, 9.17) is 25.8 Å². The minimum atomic E-state index is -1.78. The third-order valence-electron chi connectivity index (χ3n) is 5.46. The van der Waals surface area contributed by atoms with Gasteiger partial charge in [0.1, 0.15) is 53.9 Å². The van der Waals surface area contributed by atoms with E-state index in [1.54, 1.807) is 0 Å². The van der Waals surface area contributed by atoms with Crippen LogP contribution in [0.3, 0.4) is 0 Å². The molecule has 2 heterocycles. The highest BCUT2D eigenvalue weighted by molar-refractivity contribution is 6.32. The molecule has 0 bridgehead atoms. The zero-order valence-electron chi connectivity index (χ0n) is 16.9. The Bertz CT molecular complexity index is 830. The Morgan fingerprint density at radius 1 is 0.970 bits per heavy atom. The van der Waals surface area contributed by atoms with Crippen LogP contribution in [0.5, 0.6) is 0 Å². The van der Waals surface area contributed by atoms with Crippen LogP contribution >= 0.6 is 11.6 Å². The topological polar surface area (TPSA) is 224 Å². The highest BCUT2D eigenvalue weighted by Crippen LogP contribution is 2.32. The number of benzene rings is 1. The van der Waals surface area contributed by atoms with Gasteiger partial charge in [-0.05, 0) is 12.1 Å². The molecule has 8 N–H and O–H groups in total. The summed E-state index contributed by atoms with van der Waals surface area (Å²) in [6.07, 6.45) is -15.6. The van der Waals surface area contributed by atoms with Gasteiger partial charge in [-0.1, -0.05) is 11.6 Å². The first kappa shape index (κ1) is 25.9. The van der Waals surface area contributed by atoms with Gasteiger partial charge < -0.3 is 55.3 Å². The van der Waals surface area contributed by atoms with Gasteiger partial charge in [-0.15, -0.1) is 0 Å². The summed E-state index contributed by atoms with van der Waals surface area (Å²) in [6, 6.07) is 3.72. The van der Waals surface area contributed by atoms with Crippen molar-refractivity contribution in [1.82, 2.24) is 0 Å². The number of nitrogens with zero attached hydrogens (tertiary/aromatic N) is 1. The summed E-state index contributed by atoms with van der Waals surface area (Å²) in [5, 5.41) is 83.6. The molecule has 2 aliphatic heterocycles. The summed E-state index contributed by atoms with van der Waals surface area (Å²) in [4.78, 5) is 10.4. The van der Waals surface area contributed by atoms with Crippen LogP contribution in [0.2, 0.25) is 5.02 Å². The molecule has 2 fully saturated rings. The number of rotatable bonds is 7. The lowest BCUT2D eigenvalue weighted by Crippen LogP contribution is -2.65. The maximum atomic E-state index is 11.1. The van der Waals surface area contributed by atoms with Gasteiger partial charge >= 0.3 is 0 Å². The Hall–Kier alpha value is -1.69. The number of hydrogen-bond donors (Lipinski definition) is 8. The molecule has 0 radical (unpaired) electrons. The Morgan fingerprint density at radius 2 is 1.64 bits per heavy atom. The van der Waals surface area contributed by atoms with Crippen LogP contribution in [0.4, 0.5) is 11.4 Å². The number of nitro benzene ring substituents is 1. The fourth-order valence-corrected chi connectivity index (χ4v) is 3.80. The summed E-state index contributed by atoms with van der Waals surface area (Å²) in [6.45, 7) is -1.43. The van der Waals surface area contributed by atoms with Gasteiger partial charge in [-0.2, -0.15) is 0 Å². The minimum absolute atomic E-state index is 0.114. The van der Waals surface area contributed by atoms with Crippen molar-refractivity contribution in [3.8, 4) is 0 Å². The maximum Gasteiger partial charge on any atom is 0.289 e. The first-order chi connectivity index (χ1) is 15.6. The molecule has 0 amide bonds. The van der Waals surface area contributed by atoms with Crippen LogP contribution in [0.25, 0.3) is 0 Å². The number of nitro groups is 1. The zero-order valence-corrected chi connectivity index (χ0v) is 17.7. The van der Waals surface area contributed by atoms with Crippen LogP contribution in [-0.4, -0.2) is 115 Å². The Labute approximate surface area is 191 Å². The van der Waals surface area contributed by atoms with Crippen molar-refractivity contribution >= 4 is 23.0 Å². The number of ether oxygens (including phenoxy) is 3. The van der Waals surface area contributed by atoms with Crippen molar-refractivity contribution in [3.63, 3.8) is 0 Å². The van der Waals surface area contributed by atoms with E-state index in [1.807, 2.05) is 0 Å². The standard InChI is InChI=1S/C18H25ClN2O12/c19-7-2-1-6(3-8(7)21(29)30)20-17-14(27)13(26)16(10(5-23)31-17)33-18-15(28)12(25)11(24)9(4-22)32-18/h1-3,9-18,20,22-28H,4-5H2. The van der Waals surface area contributed by atoms with E-state index in [-0.39, 0.29) is 10.7 Å². The number of halogens is 1. The molecule has 10 atom stereocenters. The molecule has 3 rings (SSSR count). The van der Waals surface area contributed by atoms with Crippen LogP contribution < -0.4 is 5.32 Å². The van der Waals surface area contributed by atoms with Gasteiger partial charge in [0.15, 0.2) is 12.5 Å². The van der Waals surface area contributed by atoms with Crippen molar-refractivity contribution in [2.24, 2.45) is 0 Å². The van der Waals surface area contributed by atoms with Crippen molar-refractivity contribution in [2.75, 3.05) is 18.5 Å². The van der Waals surface area contributed by atoms with E-state index in [9.17, 15) is 45.9 Å². The lowest BCUT2D eigenvalue weighted by atomic mass is 9.96. The fourth-order valence-electron chi connectivity index (χ4n) is 3.62. The van der Waals surface area contributed by atoms with Crippen LogP contribution in [0.15, 0.2) is 18.2 Å². The first-order valence-electron chi connectivity index (χ1n) is 9.88. The van der Waals surface area contributed by atoms with Crippen LogP contribution in [-0.2, 0) is 14.2 Å². The second-order valence-electron chi connectivity index (χ2n) is 7.62. The number of nitrogens with one attached hydrogen (secondary N) is 1. The number of anilines is 1. The SMILES string of the molecule is O=[N+]([O-])c1cc(NC2OC(CO)C(OC3OC(CO)C(O)C(O)C3O)C(O)C2O)ccc1Cl. The van der Waals surface area contributed by atoms with Gasteiger partial charge in [0.2, 0.25) is 0 Å². The molecular formula is C18H25ClN2O12. The van der Waals surface area contributed by atoms with Crippen molar-refractivity contribution < 1.29 is 54.9 Å². The van der Waals surface area contributed by atoms with Crippen molar-refractivity contribution in [2.45, 2.75) is 61.3 Å². The van der Waals surface area contributed by atoms with Gasteiger partial charge in [0, 0.05) is 11.8 Å². The maximum absolute atomic E-state index is 11.1. The number of aliphatic hydroxyl groups excluding tert-OH is 7. The third kappa shape index (κ3) is 5.36. The average Bonchev–Trinajstić information content (AvgIpc) is 2.79. The van der Waals surface area contributed by atoms with E-state index in [0.717, 1.165) is 6.07 Å². The van der Waals surface area contributed by atoms with E-state index in [1.165, 1.54) is 12.1 Å². The molecule has 186 valence electrons. The zero-order chi connectivity index (χ0) is 24.4. The van der Waals surface area contributed by atoms with Gasteiger partial charge in [0.25, 0.3) is 5.69 Å². The molecule has 2 aliphatic rings. The number of aliphatic hydroxyl groups is 7. The largest absolute Gasteiger partial charge is 0.394 e. The predicted molar refractivity (Wildman–Crippen MR) is 108 cm³/mol. The third-order valence-corrected chi connectivity index (χ3v) is 5.78. The molecule has 14 nitrogen and oxygen atoms in total. The molecule has 1 aromatic carbocycles. The Balaban J connectivity index is 1.74. The smallest absolute Gasteiger partial charge is 0.289 e. The quantitative estimate of drug-likeness (QED) is 0.142. The second-order valence-corrected chi connectivity index (χ2v) is 8.03. The molecule has 33 heavy (non-hydrogen) atoms. The highest BCUT2D eigenvalue weighted by atomic mass is 35.5. The van der Waals surface area contributed by atoms with E-state index < -0.39 is 85.2 Å². The molecule has 0 spiro atoms. The highest BCUT2D eigenvalue weighted by Gasteiger charge is 2.50. The normalized spacial score (nSPS) is 39.3. The summed E-state index contributed by atoms with van der Waals surface area (Å²) >= 11 is 5.77. The van der Waals surface area contributed by atoms with Gasteiger partial charge in [-0.3, -0.25) is 10.1 Å². The summed E-state index contributed by atoms with van der Waals surface area (Å²) in [5.41, 5.74) is -0.276. The summed E-state index contributed by atoms with van der Waals surface area (Å²) < 4.78 is 16.2. The lowest BCUT2D eigenvalue weighted by molar-refractivity contribution is -0.384. The first-order valence-corrected chi connectivity index (χ1v) is 10.3. The second kappa shape index (κ2) is 10.7. The fraction of sp³-hybridized carbons (Fsp3) is 0.667. The van der Waals surface area contributed by atoms with Crippen molar-refractivity contribution in [1.29, 1.82) is 0 Å². The number of hydrogen-bond acceptors (Lipinski definition) is 13. The molecule has 15 heteroatoms. The molecular weight excluding hydrogens is 472 g/mol. The molecule has 2 saturated heterocycles. The minimum Gasteiger partial charge on any atom is -0.394 e. The molecule has 1 aromatic rings. The molecule has 0 aliphatic carbocycles. The Morgan fingerprint density at radius 3 is 2.24 bits per heavy atom.